The number of hydrogen-bond donors (Lipinski definition) is 1. The second-order valence-electron chi connectivity index (χ2n) is 4.60. The molecular weight excluding hydrogens is 256 g/mol. The molecule has 1 N–H and O–H groups in total. The van der Waals surface area contributed by atoms with Crippen molar-refractivity contribution in [1.82, 2.24) is 5.32 Å². The van der Waals surface area contributed by atoms with E-state index >= 15 is 0 Å². The summed E-state index contributed by atoms with van der Waals surface area (Å²) in [6.07, 6.45) is 0. The van der Waals surface area contributed by atoms with Crippen LogP contribution in [0.25, 0.3) is 0 Å². The molecule has 0 spiro atoms. The van der Waals surface area contributed by atoms with E-state index in [1.807, 2.05) is 13.8 Å². The van der Waals surface area contributed by atoms with Gasteiger partial charge >= 0.3 is 0 Å². The van der Waals surface area contributed by atoms with Crippen LogP contribution in [-0.2, 0) is 11.3 Å². The molecule has 0 unspecified atom stereocenters. The van der Waals surface area contributed by atoms with Crippen molar-refractivity contribution in [3.05, 3.63) is 38.9 Å². The van der Waals surface area contributed by atoms with Crippen LogP contribution < -0.4 is 5.32 Å². The molecule has 0 aromatic heterocycles. The third-order valence-electron chi connectivity index (χ3n) is 2.66. The number of rotatable bonds is 6. The number of nitro benzene ring substituents is 1. The van der Waals surface area contributed by atoms with Crippen molar-refractivity contribution < 1.29 is 9.66 Å². The van der Waals surface area contributed by atoms with E-state index in [1.54, 1.807) is 19.2 Å². The standard InChI is InChI=1S/C12H17ClN2O3/c1-12(2,18-3)8-14-7-9-4-5-10(13)6-11(9)15(16)17/h4-6,14H,7-8H2,1-3H3. The summed E-state index contributed by atoms with van der Waals surface area (Å²) in [5, 5.41) is 14.4. The first-order valence-corrected chi connectivity index (χ1v) is 5.92. The summed E-state index contributed by atoms with van der Waals surface area (Å²) in [6.45, 7) is 4.89. The lowest BCUT2D eigenvalue weighted by Gasteiger charge is -2.23. The van der Waals surface area contributed by atoms with Gasteiger partial charge in [0.05, 0.1) is 10.5 Å². The van der Waals surface area contributed by atoms with Crippen LogP contribution in [0.2, 0.25) is 5.02 Å². The summed E-state index contributed by atoms with van der Waals surface area (Å²) in [6, 6.07) is 4.67. The van der Waals surface area contributed by atoms with Crippen LogP contribution in [-0.4, -0.2) is 24.2 Å². The van der Waals surface area contributed by atoms with Crippen LogP contribution in [0.15, 0.2) is 18.2 Å². The van der Waals surface area contributed by atoms with Gasteiger partial charge in [0, 0.05) is 36.9 Å². The Bertz CT molecular complexity index is 435. The maximum absolute atomic E-state index is 10.9. The predicted molar refractivity (Wildman–Crippen MR) is 70.9 cm³/mol. The normalized spacial score (nSPS) is 11.6. The van der Waals surface area contributed by atoms with Gasteiger partial charge in [-0.15, -0.1) is 0 Å². The molecule has 0 bridgehead atoms. The molecule has 5 nitrogen and oxygen atoms in total. The fourth-order valence-electron chi connectivity index (χ4n) is 1.43. The number of halogens is 1. The minimum Gasteiger partial charge on any atom is -0.377 e. The molecule has 1 rings (SSSR count). The first-order chi connectivity index (χ1) is 8.35. The monoisotopic (exact) mass is 272 g/mol. The average molecular weight is 273 g/mol. The maximum atomic E-state index is 10.9. The molecule has 0 aliphatic carbocycles. The van der Waals surface area contributed by atoms with Gasteiger partial charge < -0.3 is 10.1 Å². The van der Waals surface area contributed by atoms with E-state index in [9.17, 15) is 10.1 Å². The second kappa shape index (κ2) is 6.13. The van der Waals surface area contributed by atoms with Crippen LogP contribution in [0.5, 0.6) is 0 Å². The Morgan fingerprint density at radius 3 is 2.72 bits per heavy atom. The highest BCUT2D eigenvalue weighted by atomic mass is 35.5. The molecule has 0 aliphatic rings. The summed E-state index contributed by atoms with van der Waals surface area (Å²) in [5.74, 6) is 0. The lowest BCUT2D eigenvalue weighted by Crippen LogP contribution is -2.36. The highest BCUT2D eigenvalue weighted by Crippen LogP contribution is 2.23. The van der Waals surface area contributed by atoms with E-state index in [2.05, 4.69) is 5.32 Å². The highest BCUT2D eigenvalue weighted by Gasteiger charge is 2.17. The molecule has 0 amide bonds. The highest BCUT2D eigenvalue weighted by molar-refractivity contribution is 6.30. The Morgan fingerprint density at radius 2 is 2.17 bits per heavy atom. The Morgan fingerprint density at radius 1 is 1.50 bits per heavy atom. The minimum absolute atomic E-state index is 0.0326. The van der Waals surface area contributed by atoms with Crippen molar-refractivity contribution in [2.75, 3.05) is 13.7 Å². The van der Waals surface area contributed by atoms with E-state index in [4.69, 9.17) is 16.3 Å². The van der Waals surface area contributed by atoms with Crippen LogP contribution >= 0.6 is 11.6 Å². The van der Waals surface area contributed by atoms with Gasteiger partial charge in [-0.25, -0.2) is 0 Å². The minimum atomic E-state index is -0.426. The van der Waals surface area contributed by atoms with Gasteiger partial charge in [0.15, 0.2) is 0 Å². The number of nitro groups is 1. The molecule has 0 radical (unpaired) electrons. The molecule has 18 heavy (non-hydrogen) atoms. The van der Waals surface area contributed by atoms with Crippen molar-refractivity contribution in [3.8, 4) is 0 Å². The van der Waals surface area contributed by atoms with E-state index in [1.165, 1.54) is 6.07 Å². The molecule has 100 valence electrons. The van der Waals surface area contributed by atoms with Crippen LogP contribution in [0.4, 0.5) is 5.69 Å². The summed E-state index contributed by atoms with van der Waals surface area (Å²) >= 11 is 5.75. The van der Waals surface area contributed by atoms with Gasteiger partial charge in [-0.3, -0.25) is 10.1 Å². The van der Waals surface area contributed by atoms with Crippen LogP contribution in [0.3, 0.4) is 0 Å². The van der Waals surface area contributed by atoms with Crippen molar-refractivity contribution in [2.24, 2.45) is 0 Å². The van der Waals surface area contributed by atoms with Gasteiger partial charge in [0.2, 0.25) is 0 Å². The first-order valence-electron chi connectivity index (χ1n) is 5.54. The number of nitrogens with one attached hydrogen (secondary N) is 1. The summed E-state index contributed by atoms with van der Waals surface area (Å²) < 4.78 is 5.25. The zero-order valence-corrected chi connectivity index (χ0v) is 11.5. The van der Waals surface area contributed by atoms with Gasteiger partial charge in [-0.1, -0.05) is 11.6 Å². The second-order valence-corrected chi connectivity index (χ2v) is 5.03. The largest absolute Gasteiger partial charge is 0.377 e. The van der Waals surface area contributed by atoms with Gasteiger partial charge in [0.25, 0.3) is 5.69 Å². The molecule has 1 aromatic rings. The van der Waals surface area contributed by atoms with Crippen molar-refractivity contribution in [1.29, 1.82) is 0 Å². The molecule has 0 saturated heterocycles. The molecule has 0 saturated carbocycles. The first kappa shape index (κ1) is 14.9. The predicted octanol–water partition coefficient (Wildman–Crippen LogP) is 2.76. The zero-order chi connectivity index (χ0) is 13.8. The number of methoxy groups -OCH3 is 1. The number of ether oxygens (including phenoxy) is 1. The van der Waals surface area contributed by atoms with Crippen LogP contribution in [0, 0.1) is 10.1 Å². The molecule has 6 heteroatoms. The number of nitrogens with zero attached hydrogens (tertiary/aromatic N) is 1. The average Bonchev–Trinajstić information content (AvgIpc) is 2.30. The van der Waals surface area contributed by atoms with E-state index in [0.29, 0.717) is 23.7 Å². The quantitative estimate of drug-likeness (QED) is 0.639. The van der Waals surface area contributed by atoms with Crippen molar-refractivity contribution in [3.63, 3.8) is 0 Å². The fraction of sp³-hybridized carbons (Fsp3) is 0.500. The van der Waals surface area contributed by atoms with E-state index < -0.39 is 4.92 Å². The van der Waals surface area contributed by atoms with Crippen molar-refractivity contribution in [2.45, 2.75) is 26.0 Å². The third-order valence-corrected chi connectivity index (χ3v) is 2.90. The SMILES string of the molecule is COC(C)(C)CNCc1ccc(Cl)cc1[N+](=O)[O-]. The Labute approximate surface area is 111 Å². The molecule has 0 aliphatic heterocycles. The molecule has 0 fully saturated rings. The summed E-state index contributed by atoms with van der Waals surface area (Å²) in [4.78, 5) is 10.5. The smallest absolute Gasteiger partial charge is 0.275 e. The molecule has 0 atom stereocenters. The zero-order valence-electron chi connectivity index (χ0n) is 10.7. The van der Waals surface area contributed by atoms with Gasteiger partial charge in [0.1, 0.15) is 0 Å². The number of hydrogen-bond acceptors (Lipinski definition) is 4. The topological polar surface area (TPSA) is 64.4 Å². The third kappa shape index (κ3) is 4.25. The molecule has 0 heterocycles. The summed E-state index contributed by atoms with van der Waals surface area (Å²) in [7, 11) is 1.63. The molecular formula is C12H17ClN2O3. The molecule has 1 aromatic carbocycles. The maximum Gasteiger partial charge on any atom is 0.275 e. The van der Waals surface area contributed by atoms with Crippen LogP contribution in [0.1, 0.15) is 19.4 Å². The van der Waals surface area contributed by atoms with Crippen molar-refractivity contribution >= 4 is 17.3 Å². The lowest BCUT2D eigenvalue weighted by molar-refractivity contribution is -0.385. The van der Waals surface area contributed by atoms with E-state index in [0.717, 1.165) is 0 Å². The fourth-order valence-corrected chi connectivity index (χ4v) is 1.59. The van der Waals surface area contributed by atoms with Gasteiger partial charge in [-0.05, 0) is 26.0 Å². The lowest BCUT2D eigenvalue weighted by atomic mass is 10.1. The van der Waals surface area contributed by atoms with Gasteiger partial charge in [-0.2, -0.15) is 0 Å². The summed E-state index contributed by atoms with van der Waals surface area (Å²) in [5.41, 5.74) is 0.336. The Balaban J connectivity index is 2.70. The number of benzene rings is 1. The Hall–Kier alpha value is -1.17. The Kier molecular flexibility index (Phi) is 5.07. The van der Waals surface area contributed by atoms with E-state index in [-0.39, 0.29) is 11.3 Å².